The summed E-state index contributed by atoms with van der Waals surface area (Å²) in [4.78, 5) is 15.2. The SMILES string of the molecule is CC(C)CCCC(N)c1cccc(-c2ncc(Cl)cc2NC=O)c1. The van der Waals surface area contributed by atoms with Gasteiger partial charge < -0.3 is 11.1 Å². The van der Waals surface area contributed by atoms with Gasteiger partial charge in [-0.2, -0.15) is 0 Å². The molecule has 0 saturated heterocycles. The molecule has 5 heteroatoms. The van der Waals surface area contributed by atoms with Crippen LogP contribution in [0.2, 0.25) is 5.02 Å². The lowest BCUT2D eigenvalue weighted by Crippen LogP contribution is -2.10. The molecule has 0 bridgehead atoms. The molecule has 1 atom stereocenters. The summed E-state index contributed by atoms with van der Waals surface area (Å²) in [6.07, 6.45) is 5.44. The van der Waals surface area contributed by atoms with E-state index in [-0.39, 0.29) is 6.04 Å². The van der Waals surface area contributed by atoms with E-state index in [1.807, 2.05) is 24.3 Å². The summed E-state index contributed by atoms with van der Waals surface area (Å²) in [7, 11) is 0. The molecule has 3 N–H and O–H groups in total. The Bertz CT molecular complexity index is 688. The fraction of sp³-hybridized carbons (Fsp3) is 0.368. The van der Waals surface area contributed by atoms with Gasteiger partial charge in [0.05, 0.1) is 16.4 Å². The second-order valence-electron chi connectivity index (χ2n) is 6.37. The molecule has 0 aliphatic heterocycles. The zero-order valence-electron chi connectivity index (χ0n) is 14.1. The number of halogens is 1. The van der Waals surface area contributed by atoms with E-state index in [2.05, 4.69) is 24.1 Å². The molecule has 1 amide bonds. The Morgan fingerprint density at radius 1 is 1.29 bits per heavy atom. The second kappa shape index (κ2) is 8.81. The molecule has 1 aromatic carbocycles. The average molecular weight is 346 g/mol. The van der Waals surface area contributed by atoms with Gasteiger partial charge in [-0.1, -0.05) is 56.5 Å². The number of amides is 1. The average Bonchev–Trinajstić information content (AvgIpc) is 2.55. The standard InChI is InChI=1S/C19H24ClN3O/c1-13(2)5-3-8-17(21)14-6-4-7-15(9-14)19-18(23-12-24)10-16(20)11-22-19/h4,6-7,9-13,17H,3,5,8,21H2,1-2H3,(H,23,24). The molecule has 0 radical (unpaired) electrons. The molecule has 0 saturated carbocycles. The normalized spacial score (nSPS) is 12.2. The Kier molecular flexibility index (Phi) is 6.76. The molecule has 1 aromatic heterocycles. The minimum Gasteiger partial charge on any atom is -0.327 e. The van der Waals surface area contributed by atoms with E-state index in [0.717, 1.165) is 24.0 Å². The van der Waals surface area contributed by atoms with Crippen LogP contribution < -0.4 is 11.1 Å². The van der Waals surface area contributed by atoms with E-state index < -0.39 is 0 Å². The van der Waals surface area contributed by atoms with Crippen molar-refractivity contribution in [3.05, 3.63) is 47.1 Å². The van der Waals surface area contributed by atoms with Crippen molar-refractivity contribution in [3.8, 4) is 11.3 Å². The number of anilines is 1. The van der Waals surface area contributed by atoms with E-state index >= 15 is 0 Å². The molecule has 0 fully saturated rings. The van der Waals surface area contributed by atoms with Crippen LogP contribution in [0, 0.1) is 5.92 Å². The monoisotopic (exact) mass is 345 g/mol. The van der Waals surface area contributed by atoms with E-state index in [0.29, 0.717) is 28.7 Å². The van der Waals surface area contributed by atoms with Gasteiger partial charge >= 0.3 is 0 Å². The van der Waals surface area contributed by atoms with E-state index in [9.17, 15) is 4.79 Å². The molecule has 1 unspecified atom stereocenters. The highest BCUT2D eigenvalue weighted by Crippen LogP contribution is 2.30. The molecule has 0 spiro atoms. The highest BCUT2D eigenvalue weighted by Gasteiger charge is 2.11. The minimum absolute atomic E-state index is 0.00141. The third kappa shape index (κ3) is 5.05. The summed E-state index contributed by atoms with van der Waals surface area (Å²) in [5, 5.41) is 3.13. The number of hydrogen-bond acceptors (Lipinski definition) is 3. The van der Waals surface area contributed by atoms with Crippen LogP contribution in [0.15, 0.2) is 36.5 Å². The van der Waals surface area contributed by atoms with Crippen LogP contribution in [0.25, 0.3) is 11.3 Å². The summed E-state index contributed by atoms with van der Waals surface area (Å²) in [6, 6.07) is 9.68. The molecule has 24 heavy (non-hydrogen) atoms. The molecular formula is C19H24ClN3O. The first-order valence-corrected chi connectivity index (χ1v) is 8.60. The first kappa shape index (κ1) is 18.4. The van der Waals surface area contributed by atoms with Crippen molar-refractivity contribution in [1.82, 2.24) is 4.98 Å². The summed E-state index contributed by atoms with van der Waals surface area (Å²) in [6.45, 7) is 4.44. The lowest BCUT2D eigenvalue weighted by atomic mass is 9.96. The Morgan fingerprint density at radius 2 is 2.08 bits per heavy atom. The predicted molar refractivity (Wildman–Crippen MR) is 100.0 cm³/mol. The number of carbonyl (C=O) groups is 1. The largest absolute Gasteiger partial charge is 0.327 e. The van der Waals surface area contributed by atoms with Crippen LogP contribution >= 0.6 is 11.6 Å². The minimum atomic E-state index is -0.00141. The van der Waals surface area contributed by atoms with Crippen LogP contribution in [-0.4, -0.2) is 11.4 Å². The molecule has 1 heterocycles. The molecule has 2 rings (SSSR count). The number of hydrogen-bond donors (Lipinski definition) is 2. The third-order valence-electron chi connectivity index (χ3n) is 3.95. The van der Waals surface area contributed by atoms with Gasteiger partial charge in [0.25, 0.3) is 0 Å². The zero-order valence-corrected chi connectivity index (χ0v) is 14.9. The molecule has 4 nitrogen and oxygen atoms in total. The van der Waals surface area contributed by atoms with Crippen LogP contribution in [0.4, 0.5) is 5.69 Å². The predicted octanol–water partition coefficient (Wildman–Crippen LogP) is 4.80. The maximum atomic E-state index is 10.8. The number of carbonyl (C=O) groups excluding carboxylic acids is 1. The first-order valence-electron chi connectivity index (χ1n) is 8.23. The zero-order chi connectivity index (χ0) is 17.5. The Labute approximate surface area is 148 Å². The number of nitrogens with one attached hydrogen (secondary N) is 1. The summed E-state index contributed by atoms with van der Waals surface area (Å²) in [5.74, 6) is 0.693. The number of nitrogens with two attached hydrogens (primary N) is 1. The lowest BCUT2D eigenvalue weighted by Gasteiger charge is -2.15. The summed E-state index contributed by atoms with van der Waals surface area (Å²) < 4.78 is 0. The maximum absolute atomic E-state index is 10.8. The van der Waals surface area contributed by atoms with Crippen molar-refractivity contribution >= 4 is 23.7 Å². The number of nitrogens with zero attached hydrogens (tertiary/aromatic N) is 1. The topological polar surface area (TPSA) is 68.0 Å². The Balaban J connectivity index is 2.22. The molecule has 128 valence electrons. The van der Waals surface area contributed by atoms with Gasteiger partial charge in [0.2, 0.25) is 6.41 Å². The lowest BCUT2D eigenvalue weighted by molar-refractivity contribution is -0.105. The first-order chi connectivity index (χ1) is 11.5. The smallest absolute Gasteiger partial charge is 0.211 e. The van der Waals surface area contributed by atoms with Gasteiger partial charge in [0.15, 0.2) is 0 Å². The van der Waals surface area contributed by atoms with Crippen LogP contribution in [0.3, 0.4) is 0 Å². The van der Waals surface area contributed by atoms with Crippen LogP contribution in [-0.2, 0) is 4.79 Å². The van der Waals surface area contributed by atoms with Gasteiger partial charge in [0, 0.05) is 17.8 Å². The van der Waals surface area contributed by atoms with Crippen LogP contribution in [0.5, 0.6) is 0 Å². The highest BCUT2D eigenvalue weighted by molar-refractivity contribution is 6.30. The summed E-state index contributed by atoms with van der Waals surface area (Å²) in [5.41, 5.74) is 9.59. The number of pyridine rings is 1. The van der Waals surface area contributed by atoms with Crippen molar-refractivity contribution in [1.29, 1.82) is 0 Å². The third-order valence-corrected chi connectivity index (χ3v) is 4.16. The quantitative estimate of drug-likeness (QED) is 0.675. The van der Waals surface area contributed by atoms with Gasteiger partial charge in [-0.05, 0) is 30.0 Å². The van der Waals surface area contributed by atoms with Gasteiger partial charge in [-0.3, -0.25) is 9.78 Å². The van der Waals surface area contributed by atoms with Crippen molar-refractivity contribution in [2.75, 3.05) is 5.32 Å². The Morgan fingerprint density at radius 3 is 2.79 bits per heavy atom. The van der Waals surface area contributed by atoms with Gasteiger partial charge in [-0.25, -0.2) is 0 Å². The van der Waals surface area contributed by atoms with Crippen LogP contribution in [0.1, 0.15) is 44.7 Å². The van der Waals surface area contributed by atoms with Crippen molar-refractivity contribution < 1.29 is 4.79 Å². The maximum Gasteiger partial charge on any atom is 0.211 e. The van der Waals surface area contributed by atoms with Crippen molar-refractivity contribution in [3.63, 3.8) is 0 Å². The van der Waals surface area contributed by atoms with E-state index in [1.165, 1.54) is 6.42 Å². The fourth-order valence-electron chi connectivity index (χ4n) is 2.67. The van der Waals surface area contributed by atoms with Crippen molar-refractivity contribution in [2.24, 2.45) is 11.7 Å². The van der Waals surface area contributed by atoms with E-state index in [1.54, 1.807) is 12.3 Å². The molecule has 0 aliphatic carbocycles. The second-order valence-corrected chi connectivity index (χ2v) is 6.81. The highest BCUT2D eigenvalue weighted by atomic mass is 35.5. The fourth-order valence-corrected chi connectivity index (χ4v) is 2.83. The molecule has 2 aromatic rings. The number of benzene rings is 1. The molecule has 0 aliphatic rings. The van der Waals surface area contributed by atoms with Gasteiger partial charge in [0.1, 0.15) is 0 Å². The van der Waals surface area contributed by atoms with Gasteiger partial charge in [-0.15, -0.1) is 0 Å². The molecular weight excluding hydrogens is 322 g/mol. The number of rotatable bonds is 8. The van der Waals surface area contributed by atoms with E-state index in [4.69, 9.17) is 17.3 Å². The van der Waals surface area contributed by atoms with Crippen molar-refractivity contribution in [2.45, 2.75) is 39.2 Å². The Hall–Kier alpha value is -1.91. The number of aromatic nitrogens is 1. The summed E-state index contributed by atoms with van der Waals surface area (Å²) >= 11 is 5.97.